The summed E-state index contributed by atoms with van der Waals surface area (Å²) < 4.78 is 12.6. The quantitative estimate of drug-likeness (QED) is 0.648. The first-order valence-electron chi connectivity index (χ1n) is 3.83. The molecule has 62 valence electrons. The maximum absolute atomic E-state index is 12.6. The van der Waals surface area contributed by atoms with Crippen LogP contribution in [0.15, 0.2) is 11.9 Å². The van der Waals surface area contributed by atoms with E-state index in [-0.39, 0.29) is 24.1 Å². The first-order chi connectivity index (χ1) is 5.18. The Bertz CT molecular complexity index is 189. The van der Waals surface area contributed by atoms with Gasteiger partial charge in [0.15, 0.2) is 0 Å². The predicted molar refractivity (Wildman–Crippen MR) is 40.3 cm³/mol. The molecule has 1 atom stereocenters. The molecule has 2 nitrogen and oxygen atoms in total. The summed E-state index contributed by atoms with van der Waals surface area (Å²) in [7, 11) is 0. The zero-order chi connectivity index (χ0) is 8.27. The van der Waals surface area contributed by atoms with Crippen molar-refractivity contribution in [2.24, 2.45) is 11.7 Å². The van der Waals surface area contributed by atoms with Gasteiger partial charge in [-0.3, -0.25) is 4.79 Å². The van der Waals surface area contributed by atoms with Crippen molar-refractivity contribution in [3.63, 3.8) is 0 Å². The Morgan fingerprint density at radius 3 is 3.09 bits per heavy atom. The van der Waals surface area contributed by atoms with Crippen LogP contribution in [0.1, 0.15) is 25.7 Å². The van der Waals surface area contributed by atoms with Crippen LogP contribution in [0.4, 0.5) is 4.39 Å². The monoisotopic (exact) mass is 157 g/mol. The second-order valence-corrected chi connectivity index (χ2v) is 2.94. The Labute approximate surface area is 65.3 Å². The molecule has 0 bridgehead atoms. The van der Waals surface area contributed by atoms with E-state index in [1.165, 1.54) is 6.08 Å². The maximum atomic E-state index is 12.6. The number of rotatable bonds is 2. The number of allylic oxidation sites excluding steroid dienone is 2. The van der Waals surface area contributed by atoms with Crippen LogP contribution >= 0.6 is 0 Å². The van der Waals surface area contributed by atoms with Crippen molar-refractivity contribution in [3.05, 3.63) is 11.9 Å². The molecule has 1 rings (SSSR count). The van der Waals surface area contributed by atoms with E-state index in [2.05, 4.69) is 0 Å². The third-order valence-electron chi connectivity index (χ3n) is 1.87. The van der Waals surface area contributed by atoms with Crippen molar-refractivity contribution in [1.82, 2.24) is 0 Å². The smallest absolute Gasteiger partial charge is 0.218 e. The lowest BCUT2D eigenvalue weighted by Crippen LogP contribution is -2.16. The fourth-order valence-corrected chi connectivity index (χ4v) is 1.37. The summed E-state index contributed by atoms with van der Waals surface area (Å²) in [5.74, 6) is -0.398. The number of hydrogen-bond acceptors (Lipinski definition) is 1. The molecular formula is C8H12FNO. The average Bonchev–Trinajstić information content (AvgIpc) is 1.85. The van der Waals surface area contributed by atoms with Crippen LogP contribution in [0.2, 0.25) is 0 Å². The molecule has 0 spiro atoms. The SMILES string of the molecule is NC(=O)C[C@@H]1C=C(F)CCC1. The van der Waals surface area contributed by atoms with Crippen LogP contribution in [0.25, 0.3) is 0 Å². The maximum Gasteiger partial charge on any atom is 0.218 e. The molecule has 0 saturated heterocycles. The fraction of sp³-hybridized carbons (Fsp3) is 0.625. The van der Waals surface area contributed by atoms with Crippen molar-refractivity contribution < 1.29 is 9.18 Å². The summed E-state index contributed by atoms with van der Waals surface area (Å²) in [4.78, 5) is 10.4. The molecule has 0 heterocycles. The Morgan fingerprint density at radius 2 is 2.55 bits per heavy atom. The third-order valence-corrected chi connectivity index (χ3v) is 1.87. The minimum Gasteiger partial charge on any atom is -0.370 e. The molecule has 0 aromatic heterocycles. The number of hydrogen-bond donors (Lipinski definition) is 1. The molecule has 1 aliphatic carbocycles. The molecule has 0 aromatic rings. The Kier molecular flexibility index (Phi) is 2.63. The van der Waals surface area contributed by atoms with Crippen LogP contribution < -0.4 is 5.73 Å². The van der Waals surface area contributed by atoms with Gasteiger partial charge in [-0.05, 0) is 31.3 Å². The van der Waals surface area contributed by atoms with Crippen molar-refractivity contribution >= 4 is 5.91 Å². The lowest BCUT2D eigenvalue weighted by molar-refractivity contribution is -0.118. The average molecular weight is 157 g/mol. The lowest BCUT2D eigenvalue weighted by atomic mass is 9.92. The number of carbonyl (C=O) groups excluding carboxylic acids is 1. The Hall–Kier alpha value is -0.860. The minimum atomic E-state index is -0.346. The van der Waals surface area contributed by atoms with Crippen LogP contribution in [0.5, 0.6) is 0 Å². The first kappa shape index (κ1) is 8.24. The molecule has 11 heavy (non-hydrogen) atoms. The summed E-state index contributed by atoms with van der Waals surface area (Å²) in [6, 6.07) is 0. The molecule has 1 aliphatic rings. The van der Waals surface area contributed by atoms with Gasteiger partial charge < -0.3 is 5.73 Å². The molecule has 0 fully saturated rings. The number of amides is 1. The summed E-state index contributed by atoms with van der Waals surface area (Å²) in [5.41, 5.74) is 4.98. The van der Waals surface area contributed by atoms with E-state index in [4.69, 9.17) is 5.73 Å². The zero-order valence-electron chi connectivity index (χ0n) is 6.35. The van der Waals surface area contributed by atoms with Gasteiger partial charge in [0.25, 0.3) is 0 Å². The molecule has 0 aliphatic heterocycles. The molecule has 1 amide bonds. The van der Waals surface area contributed by atoms with Crippen molar-refractivity contribution in [1.29, 1.82) is 0 Å². The van der Waals surface area contributed by atoms with E-state index in [1.54, 1.807) is 0 Å². The van der Waals surface area contributed by atoms with Gasteiger partial charge in [-0.2, -0.15) is 0 Å². The minimum absolute atomic E-state index is 0.0428. The fourth-order valence-electron chi connectivity index (χ4n) is 1.37. The molecule has 3 heteroatoms. The lowest BCUT2D eigenvalue weighted by Gasteiger charge is -2.15. The van der Waals surface area contributed by atoms with Gasteiger partial charge in [0.05, 0.1) is 5.83 Å². The highest BCUT2D eigenvalue weighted by Gasteiger charge is 2.14. The highest BCUT2D eigenvalue weighted by Crippen LogP contribution is 2.25. The van der Waals surface area contributed by atoms with Gasteiger partial charge in [0, 0.05) is 6.42 Å². The van der Waals surface area contributed by atoms with Gasteiger partial charge in [-0.1, -0.05) is 0 Å². The largest absolute Gasteiger partial charge is 0.370 e. The number of carbonyl (C=O) groups is 1. The van der Waals surface area contributed by atoms with Crippen molar-refractivity contribution in [2.75, 3.05) is 0 Å². The predicted octanol–water partition coefficient (Wildman–Crippen LogP) is 1.52. The Balaban J connectivity index is 2.46. The van der Waals surface area contributed by atoms with Gasteiger partial charge in [0.1, 0.15) is 0 Å². The molecule has 0 aromatic carbocycles. The zero-order valence-corrected chi connectivity index (χ0v) is 6.35. The van der Waals surface area contributed by atoms with Crippen LogP contribution in [-0.2, 0) is 4.79 Å². The highest BCUT2D eigenvalue weighted by molar-refractivity contribution is 5.74. The van der Waals surface area contributed by atoms with Gasteiger partial charge >= 0.3 is 0 Å². The van der Waals surface area contributed by atoms with E-state index in [0.717, 1.165) is 12.8 Å². The summed E-state index contributed by atoms with van der Waals surface area (Å²) in [6.45, 7) is 0. The van der Waals surface area contributed by atoms with Crippen LogP contribution in [-0.4, -0.2) is 5.91 Å². The third kappa shape index (κ3) is 2.70. The van der Waals surface area contributed by atoms with E-state index in [1.807, 2.05) is 0 Å². The summed E-state index contributed by atoms with van der Waals surface area (Å²) in [6.07, 6.45) is 4.05. The number of halogens is 1. The van der Waals surface area contributed by atoms with E-state index in [0.29, 0.717) is 6.42 Å². The van der Waals surface area contributed by atoms with Crippen LogP contribution in [0, 0.1) is 5.92 Å². The highest BCUT2D eigenvalue weighted by atomic mass is 19.1. The second kappa shape index (κ2) is 3.51. The molecule has 2 N–H and O–H groups in total. The summed E-state index contributed by atoms with van der Waals surface area (Å²) >= 11 is 0. The molecule has 0 unspecified atom stereocenters. The second-order valence-electron chi connectivity index (χ2n) is 2.94. The summed E-state index contributed by atoms with van der Waals surface area (Å²) in [5, 5.41) is 0. The Morgan fingerprint density at radius 1 is 1.82 bits per heavy atom. The number of nitrogens with two attached hydrogens (primary N) is 1. The van der Waals surface area contributed by atoms with Crippen molar-refractivity contribution in [3.8, 4) is 0 Å². The van der Waals surface area contributed by atoms with Crippen LogP contribution in [0.3, 0.4) is 0 Å². The van der Waals surface area contributed by atoms with Gasteiger partial charge in [-0.25, -0.2) is 4.39 Å². The van der Waals surface area contributed by atoms with E-state index in [9.17, 15) is 9.18 Å². The number of primary amides is 1. The standard InChI is InChI=1S/C8H12FNO/c9-7-3-1-2-6(4-7)5-8(10)11/h4,6H,1-3,5H2,(H2,10,11)/t6-/m0/s1. The van der Waals surface area contributed by atoms with Crippen molar-refractivity contribution in [2.45, 2.75) is 25.7 Å². The van der Waals surface area contributed by atoms with Gasteiger partial charge in [-0.15, -0.1) is 0 Å². The molecule has 0 radical (unpaired) electrons. The molecule has 0 saturated carbocycles. The molecular weight excluding hydrogens is 145 g/mol. The van der Waals surface area contributed by atoms with E-state index >= 15 is 0 Å². The van der Waals surface area contributed by atoms with E-state index < -0.39 is 0 Å². The normalized spacial score (nSPS) is 24.5. The van der Waals surface area contributed by atoms with Gasteiger partial charge in [0.2, 0.25) is 5.91 Å². The first-order valence-corrected chi connectivity index (χ1v) is 3.83. The topological polar surface area (TPSA) is 43.1 Å².